The Morgan fingerprint density at radius 1 is 0.571 bits per heavy atom. The van der Waals surface area contributed by atoms with Crippen LogP contribution >= 0.6 is 31.9 Å². The third kappa shape index (κ3) is 9.00. The molecule has 0 amide bonds. The number of halogens is 2. The van der Waals surface area contributed by atoms with Crippen LogP contribution in [0.4, 0.5) is 0 Å². The molecular formula is C24H32Br2O2. The highest BCUT2D eigenvalue weighted by Gasteiger charge is 2.00. The normalized spacial score (nSPS) is 10.9. The van der Waals surface area contributed by atoms with E-state index in [9.17, 15) is 0 Å². The summed E-state index contributed by atoms with van der Waals surface area (Å²) in [6.45, 7) is 5.80. The van der Waals surface area contributed by atoms with Gasteiger partial charge in [-0.15, -0.1) is 0 Å². The highest BCUT2D eigenvalue weighted by atomic mass is 79.9. The highest BCUT2D eigenvalue weighted by Crippen LogP contribution is 2.23. The number of hydrogen-bond donors (Lipinski definition) is 0. The highest BCUT2D eigenvalue weighted by molar-refractivity contribution is 9.10. The first-order chi connectivity index (χ1) is 13.6. The van der Waals surface area contributed by atoms with Crippen LogP contribution in [0.2, 0.25) is 0 Å². The Balaban J connectivity index is 1.39. The molecule has 154 valence electrons. The van der Waals surface area contributed by atoms with E-state index in [1.54, 1.807) is 0 Å². The molecule has 2 nitrogen and oxygen atoms in total. The van der Waals surface area contributed by atoms with Crippen LogP contribution in [-0.2, 0) is 0 Å². The van der Waals surface area contributed by atoms with Crippen molar-refractivity contribution in [3.63, 3.8) is 0 Å². The minimum atomic E-state index is 0.813. The zero-order chi connectivity index (χ0) is 20.2. The van der Waals surface area contributed by atoms with Gasteiger partial charge in [0, 0.05) is 8.95 Å². The maximum atomic E-state index is 5.83. The standard InChI is InChI=1S/C24H32Br2O2/c1-19-17-21(11-13-23(19)25)27-15-9-7-5-3-4-6-8-10-16-28-22-12-14-24(26)20(2)18-22/h11-14,17-18H,3-10,15-16H2,1-2H3. The molecule has 0 atom stereocenters. The molecule has 2 aromatic carbocycles. The molecule has 0 aliphatic carbocycles. The molecule has 0 fully saturated rings. The van der Waals surface area contributed by atoms with Crippen LogP contribution < -0.4 is 9.47 Å². The monoisotopic (exact) mass is 510 g/mol. The van der Waals surface area contributed by atoms with Gasteiger partial charge in [-0.3, -0.25) is 0 Å². The van der Waals surface area contributed by atoms with Crippen molar-refractivity contribution in [3.05, 3.63) is 56.5 Å². The second-order valence-electron chi connectivity index (χ2n) is 7.35. The van der Waals surface area contributed by atoms with Crippen LogP contribution in [0.15, 0.2) is 45.3 Å². The predicted octanol–water partition coefficient (Wildman–Crippen LogP) is 8.41. The quantitative estimate of drug-likeness (QED) is 0.251. The summed E-state index contributed by atoms with van der Waals surface area (Å²) < 4.78 is 13.9. The first-order valence-corrected chi connectivity index (χ1v) is 11.9. The molecule has 0 bridgehead atoms. The Hall–Kier alpha value is -1.00. The number of aryl methyl sites for hydroxylation is 2. The van der Waals surface area contributed by atoms with Crippen molar-refractivity contribution in [3.8, 4) is 11.5 Å². The Labute approximate surface area is 187 Å². The lowest BCUT2D eigenvalue weighted by Crippen LogP contribution is -1.98. The maximum absolute atomic E-state index is 5.83. The summed E-state index contributed by atoms with van der Waals surface area (Å²) in [7, 11) is 0. The van der Waals surface area contributed by atoms with Crippen LogP contribution in [-0.4, -0.2) is 13.2 Å². The number of unbranched alkanes of at least 4 members (excludes halogenated alkanes) is 7. The van der Waals surface area contributed by atoms with Crippen LogP contribution in [0.5, 0.6) is 11.5 Å². The van der Waals surface area contributed by atoms with Crippen molar-refractivity contribution >= 4 is 31.9 Å². The van der Waals surface area contributed by atoms with Gasteiger partial charge >= 0.3 is 0 Å². The first-order valence-electron chi connectivity index (χ1n) is 10.3. The van der Waals surface area contributed by atoms with Gasteiger partial charge in [-0.2, -0.15) is 0 Å². The minimum absolute atomic E-state index is 0.813. The van der Waals surface area contributed by atoms with Crippen molar-refractivity contribution in [2.75, 3.05) is 13.2 Å². The summed E-state index contributed by atoms with van der Waals surface area (Å²) in [6.07, 6.45) is 10.0. The molecule has 28 heavy (non-hydrogen) atoms. The van der Waals surface area contributed by atoms with Crippen molar-refractivity contribution in [1.82, 2.24) is 0 Å². The van der Waals surface area contributed by atoms with Crippen molar-refractivity contribution in [2.45, 2.75) is 65.2 Å². The van der Waals surface area contributed by atoms with Gasteiger partial charge in [-0.05, 0) is 74.2 Å². The largest absolute Gasteiger partial charge is 0.494 e. The van der Waals surface area contributed by atoms with Gasteiger partial charge in [0.25, 0.3) is 0 Å². The van der Waals surface area contributed by atoms with Crippen LogP contribution in [0, 0.1) is 13.8 Å². The fraction of sp³-hybridized carbons (Fsp3) is 0.500. The van der Waals surface area contributed by atoms with E-state index in [2.05, 4.69) is 70.0 Å². The Bertz CT molecular complexity index is 654. The van der Waals surface area contributed by atoms with Crippen LogP contribution in [0.25, 0.3) is 0 Å². The average molecular weight is 512 g/mol. The van der Waals surface area contributed by atoms with Gasteiger partial charge in [0.1, 0.15) is 11.5 Å². The second-order valence-corrected chi connectivity index (χ2v) is 9.06. The van der Waals surface area contributed by atoms with Gasteiger partial charge < -0.3 is 9.47 Å². The molecule has 0 aliphatic heterocycles. The number of ether oxygens (including phenoxy) is 2. The zero-order valence-corrected chi connectivity index (χ0v) is 20.3. The third-order valence-corrected chi connectivity index (χ3v) is 6.61. The van der Waals surface area contributed by atoms with Crippen LogP contribution in [0.3, 0.4) is 0 Å². The molecule has 0 unspecified atom stereocenters. The van der Waals surface area contributed by atoms with E-state index in [1.165, 1.54) is 49.7 Å². The third-order valence-electron chi connectivity index (χ3n) is 4.83. The van der Waals surface area contributed by atoms with Crippen LogP contribution in [0.1, 0.15) is 62.5 Å². The molecular weight excluding hydrogens is 480 g/mol. The average Bonchev–Trinajstić information content (AvgIpc) is 2.68. The fourth-order valence-corrected chi connectivity index (χ4v) is 3.55. The van der Waals surface area contributed by atoms with Crippen molar-refractivity contribution < 1.29 is 9.47 Å². The number of benzene rings is 2. The Morgan fingerprint density at radius 2 is 0.929 bits per heavy atom. The molecule has 0 saturated carbocycles. The van der Waals surface area contributed by atoms with E-state index in [4.69, 9.17) is 9.47 Å². The molecule has 0 heterocycles. The van der Waals surface area contributed by atoms with Gasteiger partial charge in [0.05, 0.1) is 13.2 Å². The molecule has 2 aromatic rings. The second kappa shape index (κ2) is 13.3. The first kappa shape index (κ1) is 23.3. The lowest BCUT2D eigenvalue weighted by molar-refractivity contribution is 0.301. The molecule has 0 saturated heterocycles. The summed E-state index contributed by atoms with van der Waals surface area (Å²) >= 11 is 7.04. The van der Waals surface area contributed by atoms with E-state index in [0.717, 1.165) is 46.5 Å². The maximum Gasteiger partial charge on any atom is 0.119 e. The van der Waals surface area contributed by atoms with Gasteiger partial charge in [0.15, 0.2) is 0 Å². The Morgan fingerprint density at radius 3 is 1.29 bits per heavy atom. The van der Waals surface area contributed by atoms with Crippen molar-refractivity contribution in [2.24, 2.45) is 0 Å². The lowest BCUT2D eigenvalue weighted by atomic mass is 10.1. The fourth-order valence-electron chi connectivity index (χ4n) is 3.06. The topological polar surface area (TPSA) is 18.5 Å². The summed E-state index contributed by atoms with van der Waals surface area (Å²) in [5, 5.41) is 0. The molecule has 2 rings (SSSR count). The molecule has 0 radical (unpaired) electrons. The van der Waals surface area contributed by atoms with E-state index < -0.39 is 0 Å². The summed E-state index contributed by atoms with van der Waals surface area (Å²) in [4.78, 5) is 0. The minimum Gasteiger partial charge on any atom is -0.494 e. The summed E-state index contributed by atoms with van der Waals surface area (Å²) in [6, 6.07) is 12.3. The number of rotatable bonds is 13. The molecule has 0 spiro atoms. The molecule has 0 N–H and O–H groups in total. The SMILES string of the molecule is Cc1cc(OCCCCCCCCCCOc2ccc(Br)c(C)c2)ccc1Br. The van der Waals surface area contributed by atoms with E-state index in [0.29, 0.717) is 0 Å². The summed E-state index contributed by atoms with van der Waals surface area (Å²) in [5.74, 6) is 1.95. The lowest BCUT2D eigenvalue weighted by Gasteiger charge is -2.08. The molecule has 0 aromatic heterocycles. The predicted molar refractivity (Wildman–Crippen MR) is 126 cm³/mol. The zero-order valence-electron chi connectivity index (χ0n) is 17.1. The van der Waals surface area contributed by atoms with E-state index in [1.807, 2.05) is 12.1 Å². The Kier molecular flexibility index (Phi) is 11.0. The molecule has 0 aliphatic rings. The van der Waals surface area contributed by atoms with Gasteiger partial charge in [0.2, 0.25) is 0 Å². The summed E-state index contributed by atoms with van der Waals surface area (Å²) in [5.41, 5.74) is 2.43. The van der Waals surface area contributed by atoms with Gasteiger partial charge in [-0.25, -0.2) is 0 Å². The van der Waals surface area contributed by atoms with Gasteiger partial charge in [-0.1, -0.05) is 70.4 Å². The smallest absolute Gasteiger partial charge is 0.119 e. The van der Waals surface area contributed by atoms with Crippen molar-refractivity contribution in [1.29, 1.82) is 0 Å². The van der Waals surface area contributed by atoms with E-state index in [-0.39, 0.29) is 0 Å². The molecule has 4 heteroatoms. The van der Waals surface area contributed by atoms with E-state index >= 15 is 0 Å². The number of hydrogen-bond acceptors (Lipinski definition) is 2.